The molecule has 0 spiro atoms. The normalized spacial score (nSPS) is 34.9. The van der Waals surface area contributed by atoms with E-state index in [9.17, 15) is 0 Å². The van der Waals surface area contributed by atoms with Gasteiger partial charge >= 0.3 is 0 Å². The number of nitrogens with one attached hydrogen (secondary N) is 1. The maximum Gasteiger partial charge on any atom is 0.0588 e. The van der Waals surface area contributed by atoms with Crippen molar-refractivity contribution in [1.29, 1.82) is 0 Å². The average Bonchev–Trinajstić information content (AvgIpc) is 3.29. The van der Waals surface area contributed by atoms with Crippen LogP contribution in [0.3, 0.4) is 0 Å². The first-order chi connectivity index (χ1) is 13.4. The first kappa shape index (κ1) is 16.3. The molecule has 1 N–H and O–H groups in total. The summed E-state index contributed by atoms with van der Waals surface area (Å²) in [6.07, 6.45) is 26.1. The Morgan fingerprint density at radius 2 is 1.96 bits per heavy atom. The van der Waals surface area contributed by atoms with Crippen LogP contribution in [0.2, 0.25) is 0 Å². The smallest absolute Gasteiger partial charge is 0.0588 e. The molecular weight excluding hydrogens is 328 g/mol. The van der Waals surface area contributed by atoms with E-state index in [2.05, 4.69) is 40.7 Å². The second-order valence-electron chi connectivity index (χ2n) is 9.49. The number of hydrogen-bond acceptors (Lipinski definition) is 2. The van der Waals surface area contributed by atoms with Crippen LogP contribution in [0.15, 0.2) is 58.6 Å². The largest absolute Gasteiger partial charge is 0.387 e. The Morgan fingerprint density at radius 1 is 1.04 bits per heavy atom. The molecule has 3 atom stereocenters. The number of fused-ring (bicyclic) bond motifs is 5. The zero-order valence-corrected chi connectivity index (χ0v) is 16.4. The van der Waals surface area contributed by atoms with Gasteiger partial charge in [0.2, 0.25) is 0 Å². The Morgan fingerprint density at radius 3 is 2.89 bits per heavy atom. The molecule has 2 fully saturated rings. The summed E-state index contributed by atoms with van der Waals surface area (Å²) in [5, 5.41) is 3.51. The summed E-state index contributed by atoms with van der Waals surface area (Å²) in [5.74, 6) is 2.48. The summed E-state index contributed by atoms with van der Waals surface area (Å²) in [4.78, 5) is 2.82. The molecule has 6 rings (SSSR count). The van der Waals surface area contributed by atoms with Crippen LogP contribution in [0, 0.1) is 17.8 Å². The molecule has 3 heterocycles. The zero-order valence-electron chi connectivity index (χ0n) is 16.4. The molecule has 6 aliphatic rings. The first-order valence-corrected chi connectivity index (χ1v) is 11.4. The van der Waals surface area contributed by atoms with Gasteiger partial charge < -0.3 is 10.2 Å². The fraction of sp³-hybridized carbons (Fsp3) is 0.600. The highest BCUT2D eigenvalue weighted by Gasteiger charge is 2.47. The average molecular weight is 361 g/mol. The molecule has 0 bridgehead atoms. The van der Waals surface area contributed by atoms with Crippen LogP contribution < -0.4 is 5.32 Å². The quantitative estimate of drug-likeness (QED) is 0.691. The van der Waals surface area contributed by atoms with Crippen LogP contribution in [0.1, 0.15) is 64.2 Å². The number of dihydropyridines is 1. The summed E-state index contributed by atoms with van der Waals surface area (Å²) in [6.45, 7) is 0.984. The van der Waals surface area contributed by atoms with Crippen molar-refractivity contribution < 1.29 is 0 Å². The molecule has 1 saturated carbocycles. The van der Waals surface area contributed by atoms with Crippen molar-refractivity contribution in [3.05, 3.63) is 58.6 Å². The van der Waals surface area contributed by atoms with Gasteiger partial charge in [-0.25, -0.2) is 0 Å². The minimum absolute atomic E-state index is 0.575. The maximum absolute atomic E-state index is 3.51. The minimum atomic E-state index is 0.575. The van der Waals surface area contributed by atoms with Gasteiger partial charge in [0.1, 0.15) is 0 Å². The maximum atomic E-state index is 3.51. The topological polar surface area (TPSA) is 15.3 Å². The van der Waals surface area contributed by atoms with Crippen LogP contribution in [-0.4, -0.2) is 17.5 Å². The monoisotopic (exact) mass is 360 g/mol. The van der Waals surface area contributed by atoms with Crippen LogP contribution in [0.4, 0.5) is 0 Å². The molecule has 3 aliphatic heterocycles. The fourth-order valence-electron chi connectivity index (χ4n) is 6.88. The second-order valence-corrected chi connectivity index (χ2v) is 9.49. The van der Waals surface area contributed by atoms with Crippen molar-refractivity contribution in [2.24, 2.45) is 17.8 Å². The van der Waals surface area contributed by atoms with Crippen molar-refractivity contribution in [1.82, 2.24) is 10.2 Å². The minimum Gasteiger partial charge on any atom is -0.387 e. The SMILES string of the molecule is C1=CC2=CCC3=C4C(CCC3CC3CCCC3)C3=CNCC=C3N4C2CC1. The fourth-order valence-corrected chi connectivity index (χ4v) is 6.88. The molecule has 2 heteroatoms. The van der Waals surface area contributed by atoms with E-state index < -0.39 is 0 Å². The van der Waals surface area contributed by atoms with Crippen molar-refractivity contribution in [3.8, 4) is 0 Å². The van der Waals surface area contributed by atoms with Crippen molar-refractivity contribution in [2.75, 3.05) is 6.54 Å². The highest BCUT2D eigenvalue weighted by atomic mass is 15.2. The lowest BCUT2D eigenvalue weighted by Crippen LogP contribution is -2.35. The Bertz CT molecular complexity index is 787. The van der Waals surface area contributed by atoms with Crippen LogP contribution in [0.5, 0.6) is 0 Å². The number of nitrogens with zero attached hydrogens (tertiary/aromatic N) is 1. The van der Waals surface area contributed by atoms with E-state index in [-0.39, 0.29) is 0 Å². The van der Waals surface area contributed by atoms with E-state index in [0.717, 1.165) is 18.4 Å². The summed E-state index contributed by atoms with van der Waals surface area (Å²) in [7, 11) is 0. The molecule has 1 saturated heterocycles. The summed E-state index contributed by atoms with van der Waals surface area (Å²) in [6, 6.07) is 0.575. The number of rotatable bonds is 2. The van der Waals surface area contributed by atoms with Gasteiger partial charge in [0, 0.05) is 35.6 Å². The van der Waals surface area contributed by atoms with Gasteiger partial charge in [0.15, 0.2) is 0 Å². The standard InChI is InChI=1S/C25H32N2/c1-2-6-17(5-1)15-19-10-12-21-22-16-26-14-13-24(22)27-23-8-4-3-7-18(23)9-11-20(19)25(21)27/h3,7,9,13,16-17,19,21,23,26H,1-2,4-6,8,10-12,14-15H2. The lowest BCUT2D eigenvalue weighted by Gasteiger charge is -2.38. The Hall–Kier alpha value is -1.70. The molecular formula is C25H32N2. The van der Waals surface area contributed by atoms with Gasteiger partial charge in [-0.2, -0.15) is 0 Å². The molecule has 3 aliphatic carbocycles. The third-order valence-electron chi connectivity index (χ3n) is 8.08. The third-order valence-corrected chi connectivity index (χ3v) is 8.08. The molecule has 0 aromatic heterocycles. The zero-order chi connectivity index (χ0) is 17.8. The third kappa shape index (κ3) is 2.52. The van der Waals surface area contributed by atoms with E-state index in [1.165, 1.54) is 64.2 Å². The highest BCUT2D eigenvalue weighted by molar-refractivity contribution is 5.54. The van der Waals surface area contributed by atoms with Gasteiger partial charge in [-0.05, 0) is 67.6 Å². The Labute approximate surface area is 163 Å². The number of hydrogen-bond donors (Lipinski definition) is 1. The predicted molar refractivity (Wildman–Crippen MR) is 111 cm³/mol. The lowest BCUT2D eigenvalue weighted by atomic mass is 9.74. The summed E-state index contributed by atoms with van der Waals surface area (Å²) < 4.78 is 0. The van der Waals surface area contributed by atoms with E-state index >= 15 is 0 Å². The van der Waals surface area contributed by atoms with E-state index in [4.69, 9.17) is 0 Å². The van der Waals surface area contributed by atoms with Crippen molar-refractivity contribution in [3.63, 3.8) is 0 Å². The predicted octanol–water partition coefficient (Wildman–Crippen LogP) is 5.58. The van der Waals surface area contributed by atoms with E-state index in [0.29, 0.717) is 12.0 Å². The van der Waals surface area contributed by atoms with Gasteiger partial charge in [-0.1, -0.05) is 43.9 Å². The molecule has 3 unspecified atom stereocenters. The van der Waals surface area contributed by atoms with Gasteiger partial charge in [-0.3, -0.25) is 0 Å². The van der Waals surface area contributed by atoms with Crippen molar-refractivity contribution >= 4 is 0 Å². The molecule has 0 radical (unpaired) electrons. The lowest BCUT2D eigenvalue weighted by molar-refractivity contribution is 0.301. The van der Waals surface area contributed by atoms with Crippen LogP contribution in [-0.2, 0) is 0 Å². The second kappa shape index (κ2) is 6.43. The van der Waals surface area contributed by atoms with E-state index in [1.54, 1.807) is 22.5 Å². The highest BCUT2D eigenvalue weighted by Crippen LogP contribution is 2.55. The summed E-state index contributed by atoms with van der Waals surface area (Å²) in [5.41, 5.74) is 8.25. The van der Waals surface area contributed by atoms with Gasteiger partial charge in [0.05, 0.1) is 6.04 Å². The molecule has 142 valence electrons. The van der Waals surface area contributed by atoms with Gasteiger partial charge in [0.25, 0.3) is 0 Å². The Kier molecular flexibility index (Phi) is 3.87. The van der Waals surface area contributed by atoms with Gasteiger partial charge in [-0.15, -0.1) is 0 Å². The van der Waals surface area contributed by atoms with E-state index in [1.807, 2.05) is 5.57 Å². The summed E-state index contributed by atoms with van der Waals surface area (Å²) >= 11 is 0. The number of allylic oxidation sites excluding steroid dienone is 5. The molecule has 0 aromatic carbocycles. The molecule has 0 amide bonds. The Balaban J connectivity index is 1.45. The molecule has 27 heavy (non-hydrogen) atoms. The molecule has 2 nitrogen and oxygen atoms in total. The van der Waals surface area contributed by atoms with Crippen LogP contribution >= 0.6 is 0 Å². The van der Waals surface area contributed by atoms with Crippen molar-refractivity contribution in [2.45, 2.75) is 70.3 Å². The van der Waals surface area contributed by atoms with Crippen LogP contribution in [0.25, 0.3) is 0 Å². The molecule has 0 aromatic rings. The first-order valence-electron chi connectivity index (χ1n) is 11.4.